The molecule has 4 heteroatoms. The number of methoxy groups -OCH3 is 1. The van der Waals surface area contributed by atoms with Crippen LogP contribution in [-0.2, 0) is 4.74 Å². The molecule has 0 aromatic heterocycles. The second-order valence-electron chi connectivity index (χ2n) is 3.79. The van der Waals surface area contributed by atoms with E-state index in [-0.39, 0.29) is 17.6 Å². The molecule has 1 amide bonds. The fraction of sp³-hybridized carbons (Fsp3) is 0.417. The van der Waals surface area contributed by atoms with Crippen molar-refractivity contribution >= 4 is 5.91 Å². The maximum absolute atomic E-state index is 11.7. The van der Waals surface area contributed by atoms with E-state index in [9.17, 15) is 9.90 Å². The smallest absolute Gasteiger partial charge is 0.255 e. The number of para-hydroxylation sites is 1. The number of phenols is 1. The molecule has 1 unspecified atom stereocenters. The van der Waals surface area contributed by atoms with Crippen molar-refractivity contribution in [2.75, 3.05) is 20.3 Å². The van der Waals surface area contributed by atoms with Crippen molar-refractivity contribution in [1.29, 1.82) is 0 Å². The van der Waals surface area contributed by atoms with Crippen molar-refractivity contribution in [1.82, 2.24) is 5.32 Å². The minimum Gasteiger partial charge on any atom is -0.507 e. The predicted molar refractivity (Wildman–Crippen MR) is 61.5 cm³/mol. The molecule has 2 N–H and O–H groups in total. The van der Waals surface area contributed by atoms with Crippen molar-refractivity contribution in [3.05, 3.63) is 29.8 Å². The summed E-state index contributed by atoms with van der Waals surface area (Å²) >= 11 is 0. The number of carbonyl (C=O) groups excluding carboxylic acids is 1. The largest absolute Gasteiger partial charge is 0.507 e. The number of nitrogens with one attached hydrogen (secondary N) is 1. The van der Waals surface area contributed by atoms with E-state index in [1.165, 1.54) is 6.07 Å². The minimum absolute atomic E-state index is 0.000561. The molecule has 0 saturated carbocycles. The summed E-state index contributed by atoms with van der Waals surface area (Å²) in [4.78, 5) is 11.7. The van der Waals surface area contributed by atoms with Gasteiger partial charge < -0.3 is 15.2 Å². The van der Waals surface area contributed by atoms with Crippen LogP contribution in [0.15, 0.2) is 24.3 Å². The summed E-state index contributed by atoms with van der Waals surface area (Å²) in [6, 6.07) is 6.48. The summed E-state index contributed by atoms with van der Waals surface area (Å²) in [6.45, 7) is 3.11. The van der Waals surface area contributed by atoms with E-state index in [0.717, 1.165) is 0 Å². The highest BCUT2D eigenvalue weighted by atomic mass is 16.5. The van der Waals surface area contributed by atoms with E-state index in [2.05, 4.69) is 5.32 Å². The lowest BCUT2D eigenvalue weighted by Crippen LogP contribution is -2.29. The summed E-state index contributed by atoms with van der Waals surface area (Å²) in [5.41, 5.74) is 0.298. The van der Waals surface area contributed by atoms with E-state index in [1.54, 1.807) is 25.3 Å². The average Bonchev–Trinajstić information content (AvgIpc) is 2.27. The quantitative estimate of drug-likeness (QED) is 0.793. The molecule has 0 fully saturated rings. The van der Waals surface area contributed by atoms with E-state index < -0.39 is 0 Å². The zero-order valence-corrected chi connectivity index (χ0v) is 9.56. The number of carbonyl (C=O) groups is 1. The minimum atomic E-state index is -0.263. The Morgan fingerprint density at radius 3 is 2.81 bits per heavy atom. The lowest BCUT2D eigenvalue weighted by molar-refractivity contribution is 0.0931. The number of phenolic OH excluding ortho intramolecular Hbond substituents is 1. The van der Waals surface area contributed by atoms with Gasteiger partial charge in [0.25, 0.3) is 5.91 Å². The number of ether oxygens (including phenoxy) is 1. The van der Waals surface area contributed by atoms with Gasteiger partial charge in [-0.1, -0.05) is 19.1 Å². The van der Waals surface area contributed by atoms with Crippen LogP contribution < -0.4 is 5.32 Å². The van der Waals surface area contributed by atoms with Gasteiger partial charge in [-0.25, -0.2) is 0 Å². The molecule has 0 spiro atoms. The van der Waals surface area contributed by atoms with Gasteiger partial charge in [-0.2, -0.15) is 0 Å². The summed E-state index contributed by atoms with van der Waals surface area (Å²) in [5.74, 6) is -0.0137. The van der Waals surface area contributed by atoms with Crippen molar-refractivity contribution in [2.45, 2.75) is 6.92 Å². The van der Waals surface area contributed by atoms with Gasteiger partial charge >= 0.3 is 0 Å². The predicted octanol–water partition coefficient (Wildman–Crippen LogP) is 1.40. The molecule has 88 valence electrons. The van der Waals surface area contributed by atoms with E-state index in [0.29, 0.717) is 18.7 Å². The third-order valence-electron chi connectivity index (χ3n) is 2.21. The lowest BCUT2D eigenvalue weighted by Gasteiger charge is -2.11. The first-order valence-electron chi connectivity index (χ1n) is 5.20. The SMILES string of the molecule is COCC(C)CNC(=O)c1ccccc1O. The van der Waals surface area contributed by atoms with Crippen molar-refractivity contribution in [3.8, 4) is 5.75 Å². The molecule has 0 aliphatic rings. The summed E-state index contributed by atoms with van der Waals surface area (Å²) < 4.78 is 4.96. The second kappa shape index (κ2) is 6.12. The number of aromatic hydroxyl groups is 1. The Morgan fingerprint density at radius 2 is 2.19 bits per heavy atom. The monoisotopic (exact) mass is 223 g/mol. The van der Waals surface area contributed by atoms with Crippen molar-refractivity contribution in [2.24, 2.45) is 5.92 Å². The summed E-state index contributed by atoms with van der Waals surface area (Å²) in [7, 11) is 1.63. The summed E-state index contributed by atoms with van der Waals surface area (Å²) in [5, 5.41) is 12.2. The lowest BCUT2D eigenvalue weighted by atomic mass is 10.1. The molecule has 1 aromatic rings. The van der Waals surface area contributed by atoms with Crippen LogP contribution >= 0.6 is 0 Å². The summed E-state index contributed by atoms with van der Waals surface area (Å²) in [6.07, 6.45) is 0. The molecule has 0 radical (unpaired) electrons. The van der Waals surface area contributed by atoms with Crippen LogP contribution in [-0.4, -0.2) is 31.3 Å². The van der Waals surface area contributed by atoms with E-state index >= 15 is 0 Å². The Bertz CT molecular complexity index is 352. The number of benzene rings is 1. The van der Waals surface area contributed by atoms with Crippen molar-refractivity contribution < 1.29 is 14.6 Å². The van der Waals surface area contributed by atoms with Crippen LogP contribution in [0.4, 0.5) is 0 Å². The number of amides is 1. The first kappa shape index (κ1) is 12.5. The molecule has 4 nitrogen and oxygen atoms in total. The molecule has 0 aliphatic heterocycles. The zero-order valence-electron chi connectivity index (χ0n) is 9.56. The van der Waals surface area contributed by atoms with Gasteiger partial charge in [0, 0.05) is 13.7 Å². The highest BCUT2D eigenvalue weighted by molar-refractivity contribution is 5.96. The van der Waals surface area contributed by atoms with Gasteiger partial charge in [0.1, 0.15) is 5.75 Å². The van der Waals surface area contributed by atoms with Crippen LogP contribution in [0.2, 0.25) is 0 Å². The van der Waals surface area contributed by atoms with Crippen molar-refractivity contribution in [3.63, 3.8) is 0 Å². The topological polar surface area (TPSA) is 58.6 Å². The molecule has 1 rings (SSSR count). The molecule has 16 heavy (non-hydrogen) atoms. The standard InChI is InChI=1S/C12H17NO3/c1-9(8-16-2)7-13-12(15)10-5-3-4-6-11(10)14/h3-6,9,14H,7-8H2,1-2H3,(H,13,15). The maximum atomic E-state index is 11.7. The first-order valence-corrected chi connectivity index (χ1v) is 5.20. The van der Waals surface area contributed by atoms with Gasteiger partial charge in [0.2, 0.25) is 0 Å². The molecule has 0 saturated heterocycles. The Hall–Kier alpha value is -1.55. The van der Waals surface area contributed by atoms with E-state index in [1.807, 2.05) is 6.92 Å². The molecule has 0 heterocycles. The fourth-order valence-corrected chi connectivity index (χ4v) is 1.37. The van der Waals surface area contributed by atoms with Gasteiger partial charge in [0.05, 0.1) is 12.2 Å². The molecule has 1 aromatic carbocycles. The van der Waals surface area contributed by atoms with Crippen LogP contribution in [0, 0.1) is 5.92 Å². The maximum Gasteiger partial charge on any atom is 0.255 e. The molecular formula is C12H17NO3. The number of rotatable bonds is 5. The van der Waals surface area contributed by atoms with Gasteiger partial charge in [-0.3, -0.25) is 4.79 Å². The molecule has 1 atom stereocenters. The number of hydrogen-bond acceptors (Lipinski definition) is 3. The number of hydrogen-bond donors (Lipinski definition) is 2. The normalized spacial score (nSPS) is 12.1. The highest BCUT2D eigenvalue weighted by Gasteiger charge is 2.10. The Balaban J connectivity index is 2.50. The Morgan fingerprint density at radius 1 is 1.50 bits per heavy atom. The van der Waals surface area contributed by atoms with Gasteiger partial charge in [0.15, 0.2) is 0 Å². The van der Waals surface area contributed by atoms with Crippen LogP contribution in [0.5, 0.6) is 5.75 Å². The van der Waals surface area contributed by atoms with E-state index in [4.69, 9.17) is 4.74 Å². The molecular weight excluding hydrogens is 206 g/mol. The third-order valence-corrected chi connectivity index (χ3v) is 2.21. The Labute approximate surface area is 95.2 Å². The highest BCUT2D eigenvalue weighted by Crippen LogP contribution is 2.14. The average molecular weight is 223 g/mol. The zero-order chi connectivity index (χ0) is 12.0. The van der Waals surface area contributed by atoms with Gasteiger partial charge in [-0.05, 0) is 18.1 Å². The first-order chi connectivity index (χ1) is 7.65. The third kappa shape index (κ3) is 3.55. The van der Waals surface area contributed by atoms with Crippen LogP contribution in [0.25, 0.3) is 0 Å². The molecule has 0 bridgehead atoms. The Kier molecular flexibility index (Phi) is 4.79. The van der Waals surface area contributed by atoms with Crippen LogP contribution in [0.1, 0.15) is 17.3 Å². The fourth-order valence-electron chi connectivity index (χ4n) is 1.37. The van der Waals surface area contributed by atoms with Gasteiger partial charge in [-0.15, -0.1) is 0 Å². The second-order valence-corrected chi connectivity index (χ2v) is 3.79. The molecule has 0 aliphatic carbocycles. The van der Waals surface area contributed by atoms with Crippen LogP contribution in [0.3, 0.4) is 0 Å².